The number of aromatic nitrogens is 1. The number of nitrogens with one attached hydrogen (secondary N) is 2. The molecule has 4 rings (SSSR count). The second kappa shape index (κ2) is 12.8. The molecule has 202 valence electrons. The number of pyridine rings is 1. The molecule has 0 unspecified atom stereocenters. The fourth-order valence-corrected chi connectivity index (χ4v) is 4.93. The molecule has 2 aromatic carbocycles. The van der Waals surface area contributed by atoms with Crippen molar-refractivity contribution in [3.05, 3.63) is 71.4 Å². The van der Waals surface area contributed by atoms with Crippen LogP contribution in [0.2, 0.25) is 0 Å². The Hall–Kier alpha value is -3.53. The molecule has 0 aliphatic carbocycles. The van der Waals surface area contributed by atoms with Gasteiger partial charge in [-0.15, -0.1) is 0 Å². The second-order valence-corrected chi connectivity index (χ2v) is 9.74. The molecule has 0 saturated carbocycles. The van der Waals surface area contributed by atoms with Crippen LogP contribution < -0.4 is 15.5 Å². The van der Waals surface area contributed by atoms with Gasteiger partial charge in [-0.1, -0.05) is 18.2 Å². The number of carbonyl (C=O) groups is 2. The van der Waals surface area contributed by atoms with E-state index in [1.807, 2.05) is 44.2 Å². The summed E-state index contributed by atoms with van der Waals surface area (Å²) >= 11 is 0. The number of hydrogen-bond acceptors (Lipinski definition) is 7. The minimum absolute atomic E-state index is 0.00897. The molecule has 1 aliphatic rings. The molecule has 0 spiro atoms. The molecular formula is C29H36N4O5. The largest absolute Gasteiger partial charge is 0.489 e. The van der Waals surface area contributed by atoms with E-state index in [0.717, 1.165) is 41.8 Å². The van der Waals surface area contributed by atoms with E-state index in [2.05, 4.69) is 15.2 Å². The Morgan fingerprint density at radius 2 is 1.84 bits per heavy atom. The number of hydroxylamine groups is 1. The van der Waals surface area contributed by atoms with E-state index in [9.17, 15) is 9.59 Å². The van der Waals surface area contributed by atoms with Crippen molar-refractivity contribution in [2.24, 2.45) is 0 Å². The summed E-state index contributed by atoms with van der Waals surface area (Å²) in [6, 6.07) is 17.0. The fraction of sp³-hybridized carbons (Fsp3) is 0.414. The number of carbonyl (C=O) groups excluding carboxylic acids is 2. The van der Waals surface area contributed by atoms with Gasteiger partial charge in [0.25, 0.3) is 5.91 Å². The van der Waals surface area contributed by atoms with E-state index >= 15 is 0 Å². The number of amides is 2. The van der Waals surface area contributed by atoms with E-state index in [-0.39, 0.29) is 12.3 Å². The van der Waals surface area contributed by atoms with Crippen LogP contribution in [-0.4, -0.2) is 65.3 Å². The normalized spacial score (nSPS) is 15.2. The Labute approximate surface area is 223 Å². The molecule has 1 aliphatic heterocycles. The molecule has 1 saturated heterocycles. The first-order valence-electron chi connectivity index (χ1n) is 13.0. The lowest BCUT2D eigenvalue weighted by Crippen LogP contribution is -2.57. The Balaban J connectivity index is 1.38. The van der Waals surface area contributed by atoms with E-state index in [1.54, 1.807) is 29.7 Å². The first-order chi connectivity index (χ1) is 18.4. The maximum absolute atomic E-state index is 13.2. The van der Waals surface area contributed by atoms with Gasteiger partial charge in [-0.05, 0) is 63.1 Å². The zero-order valence-electron chi connectivity index (χ0n) is 22.0. The maximum Gasteiger partial charge on any atom is 0.251 e. The number of hydrogen-bond donors (Lipinski definition) is 3. The van der Waals surface area contributed by atoms with Crippen LogP contribution in [-0.2, 0) is 16.1 Å². The van der Waals surface area contributed by atoms with Crippen LogP contribution in [0.3, 0.4) is 0 Å². The topological polar surface area (TPSA) is 113 Å². The predicted octanol–water partition coefficient (Wildman–Crippen LogP) is 3.62. The van der Waals surface area contributed by atoms with Gasteiger partial charge in [0.2, 0.25) is 5.91 Å². The lowest BCUT2D eigenvalue weighted by atomic mass is 9.83. The van der Waals surface area contributed by atoms with Gasteiger partial charge < -0.3 is 19.7 Å². The smallest absolute Gasteiger partial charge is 0.251 e. The Morgan fingerprint density at radius 3 is 2.55 bits per heavy atom. The standard InChI is InChI=1S/C29H36N4O5/c1-3-37-17-16-33-14-12-29(13-15-33,19-27(34)32-36)31-28(35)22-8-10-24(11-9-22)38-20-23-18-21(2)30-26-7-5-4-6-25(23)26/h4-11,18,36H,3,12-17,19-20H2,1-2H3,(H,31,35)(H,32,34). The molecule has 9 nitrogen and oxygen atoms in total. The molecule has 2 amide bonds. The lowest BCUT2D eigenvalue weighted by molar-refractivity contribution is -0.131. The van der Waals surface area contributed by atoms with Crippen molar-refractivity contribution in [3.63, 3.8) is 0 Å². The number of nitrogens with zero attached hydrogens (tertiary/aromatic N) is 2. The van der Waals surface area contributed by atoms with Gasteiger partial charge in [-0.2, -0.15) is 0 Å². The van der Waals surface area contributed by atoms with Crippen molar-refractivity contribution in [2.75, 3.05) is 32.8 Å². The van der Waals surface area contributed by atoms with Crippen LogP contribution in [0, 0.1) is 6.92 Å². The van der Waals surface area contributed by atoms with Crippen molar-refractivity contribution in [2.45, 2.75) is 45.3 Å². The number of rotatable bonds is 11. The summed E-state index contributed by atoms with van der Waals surface area (Å²) < 4.78 is 11.5. The van der Waals surface area contributed by atoms with Crippen molar-refractivity contribution < 1.29 is 24.3 Å². The zero-order valence-corrected chi connectivity index (χ0v) is 22.0. The summed E-state index contributed by atoms with van der Waals surface area (Å²) in [7, 11) is 0. The number of benzene rings is 2. The number of fused-ring (bicyclic) bond motifs is 1. The molecule has 3 aromatic rings. The van der Waals surface area contributed by atoms with Gasteiger partial charge in [-0.3, -0.25) is 19.8 Å². The SMILES string of the molecule is CCOCCN1CCC(CC(=O)NO)(NC(=O)c2ccc(OCc3cc(C)nc4ccccc34)cc2)CC1. The molecule has 2 heterocycles. The number of aryl methyl sites for hydroxylation is 1. The average molecular weight is 521 g/mol. The molecule has 9 heteroatoms. The Kier molecular flexibility index (Phi) is 9.28. The highest BCUT2D eigenvalue weighted by Crippen LogP contribution is 2.27. The van der Waals surface area contributed by atoms with E-state index in [1.165, 1.54) is 0 Å². The average Bonchev–Trinajstić information content (AvgIpc) is 2.93. The summed E-state index contributed by atoms with van der Waals surface area (Å²) in [5.74, 6) is -0.131. The third-order valence-corrected chi connectivity index (χ3v) is 7.01. The lowest BCUT2D eigenvalue weighted by Gasteiger charge is -2.42. The molecule has 0 bridgehead atoms. The summed E-state index contributed by atoms with van der Waals surface area (Å²) in [6.07, 6.45) is 1.20. The molecule has 3 N–H and O–H groups in total. The van der Waals surface area contributed by atoms with Crippen molar-refractivity contribution in [1.82, 2.24) is 20.7 Å². The quantitative estimate of drug-likeness (QED) is 0.201. The van der Waals surface area contributed by atoms with E-state index in [0.29, 0.717) is 44.0 Å². The van der Waals surface area contributed by atoms with E-state index < -0.39 is 11.4 Å². The highest BCUT2D eigenvalue weighted by molar-refractivity contribution is 5.95. The van der Waals surface area contributed by atoms with Crippen LogP contribution in [0.15, 0.2) is 54.6 Å². The Morgan fingerprint density at radius 1 is 1.11 bits per heavy atom. The zero-order chi connectivity index (χ0) is 27.0. The minimum atomic E-state index is -0.735. The van der Waals surface area contributed by atoms with Gasteiger partial charge in [0.05, 0.1) is 24.1 Å². The number of ether oxygens (including phenoxy) is 2. The first-order valence-corrected chi connectivity index (χ1v) is 13.0. The van der Waals surface area contributed by atoms with Gasteiger partial charge in [0, 0.05) is 48.4 Å². The van der Waals surface area contributed by atoms with Crippen molar-refractivity contribution in [1.29, 1.82) is 0 Å². The number of para-hydroxylation sites is 1. The highest BCUT2D eigenvalue weighted by atomic mass is 16.5. The molecule has 1 aromatic heterocycles. The highest BCUT2D eigenvalue weighted by Gasteiger charge is 2.38. The third-order valence-electron chi connectivity index (χ3n) is 7.01. The monoisotopic (exact) mass is 520 g/mol. The molecule has 0 radical (unpaired) electrons. The van der Waals surface area contributed by atoms with Gasteiger partial charge in [-0.25, -0.2) is 5.48 Å². The van der Waals surface area contributed by atoms with Crippen LogP contribution >= 0.6 is 0 Å². The minimum Gasteiger partial charge on any atom is -0.489 e. The summed E-state index contributed by atoms with van der Waals surface area (Å²) in [5.41, 5.74) is 4.36. The van der Waals surface area contributed by atoms with Crippen LogP contribution in [0.4, 0.5) is 0 Å². The molecular weight excluding hydrogens is 484 g/mol. The molecule has 38 heavy (non-hydrogen) atoms. The van der Waals surface area contributed by atoms with Crippen LogP contribution in [0.25, 0.3) is 10.9 Å². The maximum atomic E-state index is 13.2. The Bertz CT molecular complexity index is 1240. The van der Waals surface area contributed by atoms with Crippen molar-refractivity contribution >= 4 is 22.7 Å². The summed E-state index contributed by atoms with van der Waals surface area (Å²) in [6.45, 7) is 7.89. The molecule has 1 fully saturated rings. The van der Waals surface area contributed by atoms with E-state index in [4.69, 9.17) is 14.7 Å². The first kappa shape index (κ1) is 27.5. The van der Waals surface area contributed by atoms with Gasteiger partial charge in [0.15, 0.2) is 0 Å². The fourth-order valence-electron chi connectivity index (χ4n) is 4.93. The van der Waals surface area contributed by atoms with Crippen LogP contribution in [0.5, 0.6) is 5.75 Å². The van der Waals surface area contributed by atoms with Crippen LogP contribution in [0.1, 0.15) is 47.8 Å². The molecule has 0 atom stereocenters. The van der Waals surface area contributed by atoms with Gasteiger partial charge in [0.1, 0.15) is 12.4 Å². The third kappa shape index (κ3) is 7.06. The number of likely N-dealkylation sites (tertiary alicyclic amines) is 1. The summed E-state index contributed by atoms with van der Waals surface area (Å²) in [5, 5.41) is 13.2. The second-order valence-electron chi connectivity index (χ2n) is 9.74. The van der Waals surface area contributed by atoms with Crippen molar-refractivity contribution in [3.8, 4) is 5.75 Å². The summed E-state index contributed by atoms with van der Waals surface area (Å²) in [4.78, 5) is 32.1. The predicted molar refractivity (Wildman–Crippen MR) is 144 cm³/mol. The van der Waals surface area contributed by atoms with Gasteiger partial charge >= 0.3 is 0 Å². The number of piperidine rings is 1.